The van der Waals surface area contributed by atoms with Gasteiger partial charge in [0.1, 0.15) is 12.0 Å². The predicted octanol–water partition coefficient (Wildman–Crippen LogP) is 2.39. The molecule has 1 aliphatic rings. The van der Waals surface area contributed by atoms with E-state index in [2.05, 4.69) is 6.07 Å². The molecule has 2 rings (SSSR count). The van der Waals surface area contributed by atoms with Crippen molar-refractivity contribution in [3.8, 4) is 5.75 Å². The fraction of sp³-hybridized carbons (Fsp3) is 0.417. The number of ether oxygens (including phenoxy) is 1. The Balaban J connectivity index is 2.19. The van der Waals surface area contributed by atoms with Crippen LogP contribution in [0.5, 0.6) is 5.75 Å². The van der Waals surface area contributed by atoms with Crippen LogP contribution in [0.3, 0.4) is 0 Å². The second-order valence-electron chi connectivity index (χ2n) is 3.76. The third kappa shape index (κ3) is 1.52. The van der Waals surface area contributed by atoms with Crippen LogP contribution < -0.4 is 4.74 Å². The van der Waals surface area contributed by atoms with E-state index in [9.17, 15) is 4.79 Å². The molecule has 1 saturated carbocycles. The van der Waals surface area contributed by atoms with Gasteiger partial charge in [-0.05, 0) is 36.5 Å². The van der Waals surface area contributed by atoms with Crippen LogP contribution >= 0.6 is 0 Å². The molecule has 1 aliphatic carbocycles. The second-order valence-corrected chi connectivity index (χ2v) is 3.76. The first kappa shape index (κ1) is 9.25. The zero-order chi connectivity index (χ0) is 9.97. The van der Waals surface area contributed by atoms with Crippen LogP contribution in [0.25, 0.3) is 0 Å². The molecule has 0 amide bonds. The molecule has 1 aromatic carbocycles. The van der Waals surface area contributed by atoms with Gasteiger partial charge in [0, 0.05) is 5.92 Å². The summed E-state index contributed by atoms with van der Waals surface area (Å²) in [6.07, 6.45) is 3.23. The molecule has 0 aromatic heterocycles. The number of methoxy groups -OCH3 is 1. The van der Waals surface area contributed by atoms with Crippen molar-refractivity contribution in [2.24, 2.45) is 5.92 Å². The highest BCUT2D eigenvalue weighted by Gasteiger charge is 2.31. The summed E-state index contributed by atoms with van der Waals surface area (Å²) in [7, 11) is 1.66. The zero-order valence-corrected chi connectivity index (χ0v) is 8.27. The molecule has 0 N–H and O–H groups in total. The molecule has 0 saturated heterocycles. The van der Waals surface area contributed by atoms with Crippen molar-refractivity contribution < 1.29 is 9.53 Å². The lowest BCUT2D eigenvalue weighted by Gasteiger charge is -2.33. The monoisotopic (exact) mass is 190 g/mol. The fourth-order valence-corrected chi connectivity index (χ4v) is 1.97. The van der Waals surface area contributed by atoms with Gasteiger partial charge in [0.25, 0.3) is 0 Å². The minimum Gasteiger partial charge on any atom is -0.497 e. The Morgan fingerprint density at radius 3 is 2.86 bits per heavy atom. The van der Waals surface area contributed by atoms with E-state index < -0.39 is 0 Å². The van der Waals surface area contributed by atoms with E-state index in [1.165, 1.54) is 5.56 Å². The van der Waals surface area contributed by atoms with Crippen LogP contribution in [0, 0.1) is 5.92 Å². The van der Waals surface area contributed by atoms with Gasteiger partial charge in [0.15, 0.2) is 0 Å². The SMILES string of the molecule is COc1cccc(C2CCC2C=O)c1. The van der Waals surface area contributed by atoms with Gasteiger partial charge in [0.2, 0.25) is 0 Å². The quantitative estimate of drug-likeness (QED) is 0.684. The highest BCUT2D eigenvalue weighted by atomic mass is 16.5. The summed E-state index contributed by atoms with van der Waals surface area (Å²) in [5.41, 5.74) is 1.23. The van der Waals surface area contributed by atoms with Crippen LogP contribution in [0.2, 0.25) is 0 Å². The smallest absolute Gasteiger partial charge is 0.123 e. The fourth-order valence-electron chi connectivity index (χ4n) is 1.97. The number of carbonyl (C=O) groups excluding carboxylic acids is 1. The van der Waals surface area contributed by atoms with E-state index in [-0.39, 0.29) is 5.92 Å². The number of aldehydes is 1. The summed E-state index contributed by atoms with van der Waals surface area (Å²) in [6.45, 7) is 0. The van der Waals surface area contributed by atoms with E-state index in [1.807, 2.05) is 18.2 Å². The summed E-state index contributed by atoms with van der Waals surface area (Å²) in [5, 5.41) is 0. The van der Waals surface area contributed by atoms with Crippen molar-refractivity contribution in [2.75, 3.05) is 7.11 Å². The summed E-state index contributed by atoms with van der Waals surface area (Å²) in [4.78, 5) is 10.7. The molecule has 2 heteroatoms. The van der Waals surface area contributed by atoms with E-state index in [0.717, 1.165) is 24.9 Å². The van der Waals surface area contributed by atoms with Crippen molar-refractivity contribution in [1.82, 2.24) is 0 Å². The molecule has 2 atom stereocenters. The molecular formula is C12H14O2. The Labute approximate surface area is 83.9 Å². The molecular weight excluding hydrogens is 176 g/mol. The molecule has 1 fully saturated rings. The van der Waals surface area contributed by atoms with E-state index >= 15 is 0 Å². The van der Waals surface area contributed by atoms with Gasteiger partial charge >= 0.3 is 0 Å². The number of rotatable bonds is 3. The normalized spacial score (nSPS) is 25.2. The summed E-state index contributed by atoms with van der Waals surface area (Å²) in [5.74, 6) is 1.52. The van der Waals surface area contributed by atoms with E-state index in [1.54, 1.807) is 7.11 Å². The first-order valence-corrected chi connectivity index (χ1v) is 4.94. The molecule has 2 nitrogen and oxygen atoms in total. The first-order chi connectivity index (χ1) is 6.85. The Bertz CT molecular complexity index is 333. The number of hydrogen-bond acceptors (Lipinski definition) is 2. The number of hydrogen-bond donors (Lipinski definition) is 0. The van der Waals surface area contributed by atoms with Crippen LogP contribution in [-0.4, -0.2) is 13.4 Å². The minimum atomic E-state index is 0.224. The lowest BCUT2D eigenvalue weighted by atomic mass is 9.71. The average Bonchev–Trinajstić information content (AvgIpc) is 2.17. The molecule has 74 valence electrons. The Kier molecular flexibility index (Phi) is 2.53. The maximum absolute atomic E-state index is 10.7. The topological polar surface area (TPSA) is 26.3 Å². The van der Waals surface area contributed by atoms with Gasteiger partial charge in [-0.15, -0.1) is 0 Å². The van der Waals surface area contributed by atoms with Gasteiger partial charge in [0.05, 0.1) is 7.11 Å². The maximum Gasteiger partial charge on any atom is 0.123 e. The van der Waals surface area contributed by atoms with Crippen LogP contribution in [-0.2, 0) is 4.79 Å². The standard InChI is InChI=1S/C12H14O2/c1-14-11-4-2-3-9(7-11)12-6-5-10(12)8-13/h2-4,7-8,10,12H,5-6H2,1H3. The maximum atomic E-state index is 10.7. The van der Waals surface area contributed by atoms with Crippen molar-refractivity contribution in [2.45, 2.75) is 18.8 Å². The van der Waals surface area contributed by atoms with Crippen LogP contribution in [0.1, 0.15) is 24.3 Å². The van der Waals surface area contributed by atoms with Crippen molar-refractivity contribution in [3.63, 3.8) is 0 Å². The Morgan fingerprint density at radius 2 is 2.29 bits per heavy atom. The largest absolute Gasteiger partial charge is 0.497 e. The molecule has 0 heterocycles. The molecule has 0 radical (unpaired) electrons. The van der Waals surface area contributed by atoms with Gasteiger partial charge in [-0.25, -0.2) is 0 Å². The molecule has 0 aliphatic heterocycles. The lowest BCUT2D eigenvalue weighted by Crippen LogP contribution is -2.24. The summed E-state index contributed by atoms with van der Waals surface area (Å²) >= 11 is 0. The molecule has 14 heavy (non-hydrogen) atoms. The van der Waals surface area contributed by atoms with Crippen molar-refractivity contribution in [1.29, 1.82) is 0 Å². The number of carbonyl (C=O) groups is 1. The van der Waals surface area contributed by atoms with Gasteiger partial charge in [-0.1, -0.05) is 12.1 Å². The summed E-state index contributed by atoms with van der Waals surface area (Å²) in [6, 6.07) is 8.01. The number of benzene rings is 1. The average molecular weight is 190 g/mol. The molecule has 0 bridgehead atoms. The third-order valence-corrected chi connectivity index (χ3v) is 3.02. The second kappa shape index (κ2) is 3.82. The highest BCUT2D eigenvalue weighted by Crippen LogP contribution is 2.41. The Morgan fingerprint density at radius 1 is 1.43 bits per heavy atom. The first-order valence-electron chi connectivity index (χ1n) is 4.94. The molecule has 1 aromatic rings. The minimum absolute atomic E-state index is 0.224. The summed E-state index contributed by atoms with van der Waals surface area (Å²) < 4.78 is 5.15. The van der Waals surface area contributed by atoms with Crippen LogP contribution in [0.15, 0.2) is 24.3 Å². The van der Waals surface area contributed by atoms with Gasteiger partial charge in [-0.2, -0.15) is 0 Å². The van der Waals surface area contributed by atoms with E-state index in [4.69, 9.17) is 4.74 Å². The third-order valence-electron chi connectivity index (χ3n) is 3.02. The Hall–Kier alpha value is -1.31. The van der Waals surface area contributed by atoms with Crippen molar-refractivity contribution >= 4 is 6.29 Å². The van der Waals surface area contributed by atoms with Gasteiger partial charge in [-0.3, -0.25) is 0 Å². The zero-order valence-electron chi connectivity index (χ0n) is 8.27. The highest BCUT2D eigenvalue weighted by molar-refractivity contribution is 5.58. The van der Waals surface area contributed by atoms with Gasteiger partial charge < -0.3 is 9.53 Å². The predicted molar refractivity (Wildman–Crippen MR) is 54.5 cm³/mol. The van der Waals surface area contributed by atoms with Crippen molar-refractivity contribution in [3.05, 3.63) is 29.8 Å². The van der Waals surface area contributed by atoms with E-state index in [0.29, 0.717) is 5.92 Å². The molecule has 2 unspecified atom stereocenters. The van der Waals surface area contributed by atoms with Crippen LogP contribution in [0.4, 0.5) is 0 Å². The molecule has 0 spiro atoms. The lowest BCUT2D eigenvalue weighted by molar-refractivity contribution is -0.113.